The van der Waals surface area contributed by atoms with E-state index in [1.165, 1.54) is 14.0 Å². The van der Waals surface area contributed by atoms with E-state index in [4.69, 9.17) is 10.5 Å². The Balaban J connectivity index is 3.47. The van der Waals surface area contributed by atoms with Crippen LogP contribution in [0, 0.1) is 6.92 Å². The minimum atomic E-state index is -2.76. The number of carbonyl (C=O) groups excluding carboxylic acids is 1. The summed E-state index contributed by atoms with van der Waals surface area (Å²) < 4.78 is 29.8. The van der Waals surface area contributed by atoms with Crippen LogP contribution in [0.25, 0.3) is 0 Å². The maximum atomic E-state index is 12.5. The zero-order valence-electron chi connectivity index (χ0n) is 8.25. The number of halogens is 2. The van der Waals surface area contributed by atoms with Crippen LogP contribution in [0.15, 0.2) is 6.20 Å². The molecule has 0 aliphatic heterocycles. The van der Waals surface area contributed by atoms with Crippen LogP contribution in [-0.4, -0.2) is 18.0 Å². The zero-order valence-corrected chi connectivity index (χ0v) is 8.25. The Morgan fingerprint density at radius 1 is 1.60 bits per heavy atom. The molecule has 0 atom stereocenters. The number of alkyl halides is 2. The van der Waals surface area contributed by atoms with Crippen LogP contribution in [0.5, 0.6) is 5.75 Å². The van der Waals surface area contributed by atoms with E-state index in [9.17, 15) is 13.6 Å². The highest BCUT2D eigenvalue weighted by Crippen LogP contribution is 2.32. The van der Waals surface area contributed by atoms with Gasteiger partial charge in [0.05, 0.1) is 18.4 Å². The largest absolute Gasteiger partial charge is 0.495 e. The highest BCUT2D eigenvalue weighted by molar-refractivity contribution is 5.97. The van der Waals surface area contributed by atoms with Gasteiger partial charge in [-0.1, -0.05) is 0 Å². The van der Waals surface area contributed by atoms with Gasteiger partial charge in [0.25, 0.3) is 12.3 Å². The maximum Gasteiger partial charge on any atom is 0.268 e. The van der Waals surface area contributed by atoms with Crippen LogP contribution in [0.3, 0.4) is 0 Å². The van der Waals surface area contributed by atoms with Gasteiger partial charge in [-0.2, -0.15) is 0 Å². The molecular formula is C9H10F2N2O2. The van der Waals surface area contributed by atoms with Gasteiger partial charge in [0.2, 0.25) is 0 Å². The first-order valence-electron chi connectivity index (χ1n) is 4.10. The first-order chi connectivity index (χ1) is 6.99. The quantitative estimate of drug-likeness (QED) is 0.831. The summed E-state index contributed by atoms with van der Waals surface area (Å²) in [6.45, 7) is 1.50. The van der Waals surface area contributed by atoms with Crippen LogP contribution < -0.4 is 10.5 Å². The first kappa shape index (κ1) is 11.4. The van der Waals surface area contributed by atoms with Crippen LogP contribution in [0.2, 0.25) is 0 Å². The summed E-state index contributed by atoms with van der Waals surface area (Å²) in [5, 5.41) is 0. The molecule has 0 bridgehead atoms. The average molecular weight is 216 g/mol. The van der Waals surface area contributed by atoms with Crippen LogP contribution in [-0.2, 0) is 0 Å². The molecule has 0 unspecified atom stereocenters. The van der Waals surface area contributed by atoms with Crippen molar-refractivity contribution in [2.75, 3.05) is 7.11 Å². The lowest BCUT2D eigenvalue weighted by Crippen LogP contribution is -2.16. The molecule has 0 aromatic carbocycles. The topological polar surface area (TPSA) is 65.2 Å². The van der Waals surface area contributed by atoms with E-state index in [0.29, 0.717) is 0 Å². The Morgan fingerprint density at radius 3 is 2.60 bits per heavy atom. The highest BCUT2D eigenvalue weighted by atomic mass is 19.3. The summed E-state index contributed by atoms with van der Waals surface area (Å²) in [4.78, 5) is 14.7. The van der Waals surface area contributed by atoms with Crippen LogP contribution in [0.4, 0.5) is 8.78 Å². The number of hydrogen-bond acceptors (Lipinski definition) is 3. The molecule has 1 aromatic rings. The Hall–Kier alpha value is -1.72. The van der Waals surface area contributed by atoms with Crippen molar-refractivity contribution in [3.05, 3.63) is 23.0 Å². The number of pyridine rings is 1. The normalized spacial score (nSPS) is 10.5. The van der Waals surface area contributed by atoms with E-state index in [1.54, 1.807) is 0 Å². The lowest BCUT2D eigenvalue weighted by molar-refractivity contribution is 0.0994. The number of aromatic nitrogens is 1. The monoisotopic (exact) mass is 216 g/mol. The van der Waals surface area contributed by atoms with Gasteiger partial charge in [-0.25, -0.2) is 8.78 Å². The van der Waals surface area contributed by atoms with Crippen molar-refractivity contribution in [3.63, 3.8) is 0 Å². The van der Waals surface area contributed by atoms with Gasteiger partial charge in [-0.15, -0.1) is 0 Å². The molecule has 0 aliphatic rings. The number of aryl methyl sites for hydroxylation is 1. The lowest BCUT2D eigenvalue weighted by atomic mass is 10.1. The number of nitrogens with zero attached hydrogens (tertiary/aromatic N) is 1. The molecule has 1 aromatic heterocycles. The molecule has 0 saturated carbocycles. The molecule has 6 heteroatoms. The number of methoxy groups -OCH3 is 1. The first-order valence-corrected chi connectivity index (χ1v) is 4.10. The summed E-state index contributed by atoms with van der Waals surface area (Å²) in [6.07, 6.45) is -1.78. The van der Waals surface area contributed by atoms with Crippen molar-refractivity contribution in [3.8, 4) is 5.75 Å². The van der Waals surface area contributed by atoms with E-state index >= 15 is 0 Å². The Bertz CT molecular complexity index is 394. The molecule has 0 fully saturated rings. The number of hydrogen-bond donors (Lipinski definition) is 1. The summed E-state index contributed by atoms with van der Waals surface area (Å²) in [6, 6.07) is 0. The Morgan fingerprint density at radius 2 is 2.20 bits per heavy atom. The molecule has 0 radical (unpaired) electrons. The van der Waals surface area contributed by atoms with Crippen molar-refractivity contribution in [1.82, 2.24) is 4.98 Å². The van der Waals surface area contributed by atoms with Crippen molar-refractivity contribution in [1.29, 1.82) is 0 Å². The number of primary amides is 1. The molecule has 0 saturated heterocycles. The number of amides is 1. The minimum absolute atomic E-state index is 0.102. The standard InChI is InChI=1S/C9H10F2N2O2/c1-4-6(9(12)14)7(15-2)5(3-13-4)8(10)11/h3,8H,1-2H3,(H2,12,14). The highest BCUT2D eigenvalue weighted by Gasteiger charge is 2.22. The second-order valence-electron chi connectivity index (χ2n) is 2.87. The van der Waals surface area contributed by atoms with E-state index in [1.807, 2.05) is 0 Å². The minimum Gasteiger partial charge on any atom is -0.495 e. The SMILES string of the molecule is COc1c(C(F)F)cnc(C)c1C(N)=O. The number of carbonyl (C=O) groups is 1. The predicted molar refractivity (Wildman–Crippen MR) is 49.0 cm³/mol. The molecule has 1 amide bonds. The van der Waals surface area contributed by atoms with Crippen molar-refractivity contribution in [2.24, 2.45) is 5.73 Å². The van der Waals surface area contributed by atoms with Crippen molar-refractivity contribution < 1.29 is 18.3 Å². The molecule has 1 heterocycles. The fourth-order valence-electron chi connectivity index (χ4n) is 1.26. The number of rotatable bonds is 3. The van der Waals surface area contributed by atoms with Gasteiger partial charge in [-0.3, -0.25) is 9.78 Å². The second-order valence-corrected chi connectivity index (χ2v) is 2.87. The van der Waals surface area contributed by atoms with Gasteiger partial charge in [-0.05, 0) is 6.92 Å². The summed E-state index contributed by atoms with van der Waals surface area (Å²) in [7, 11) is 1.20. The smallest absolute Gasteiger partial charge is 0.268 e. The molecule has 0 aliphatic carbocycles. The van der Waals surface area contributed by atoms with Crippen molar-refractivity contribution in [2.45, 2.75) is 13.3 Å². The third kappa shape index (κ3) is 2.03. The summed E-state index contributed by atoms with van der Waals surface area (Å²) in [5.74, 6) is -1.04. The molecule has 0 spiro atoms. The van der Waals surface area contributed by atoms with Crippen molar-refractivity contribution >= 4 is 5.91 Å². The van der Waals surface area contributed by atoms with E-state index in [0.717, 1.165) is 6.20 Å². The second kappa shape index (κ2) is 4.20. The summed E-state index contributed by atoms with van der Waals surface area (Å²) in [5.41, 5.74) is 4.79. The average Bonchev–Trinajstić information content (AvgIpc) is 2.15. The van der Waals surface area contributed by atoms with Gasteiger partial charge < -0.3 is 10.5 Å². The third-order valence-electron chi connectivity index (χ3n) is 1.93. The van der Waals surface area contributed by atoms with Crippen LogP contribution >= 0.6 is 0 Å². The molecule has 4 nitrogen and oxygen atoms in total. The van der Waals surface area contributed by atoms with Crippen LogP contribution in [0.1, 0.15) is 28.0 Å². The predicted octanol–water partition coefficient (Wildman–Crippen LogP) is 1.44. The maximum absolute atomic E-state index is 12.5. The van der Waals surface area contributed by atoms with E-state index in [-0.39, 0.29) is 17.0 Å². The Labute approximate surface area is 85.1 Å². The van der Waals surface area contributed by atoms with Gasteiger partial charge in [0.1, 0.15) is 11.3 Å². The molecule has 15 heavy (non-hydrogen) atoms. The molecular weight excluding hydrogens is 206 g/mol. The summed E-state index contributed by atoms with van der Waals surface area (Å²) >= 11 is 0. The van der Waals surface area contributed by atoms with Gasteiger partial charge in [0, 0.05) is 6.20 Å². The molecule has 1 rings (SSSR count). The molecule has 82 valence electrons. The van der Waals surface area contributed by atoms with Gasteiger partial charge >= 0.3 is 0 Å². The fourth-order valence-corrected chi connectivity index (χ4v) is 1.26. The zero-order chi connectivity index (χ0) is 11.6. The van der Waals surface area contributed by atoms with Gasteiger partial charge in [0.15, 0.2) is 0 Å². The number of nitrogens with two attached hydrogens (primary N) is 1. The number of ether oxygens (including phenoxy) is 1. The van der Waals surface area contributed by atoms with E-state index in [2.05, 4.69) is 4.98 Å². The third-order valence-corrected chi connectivity index (χ3v) is 1.93. The van der Waals surface area contributed by atoms with E-state index < -0.39 is 17.9 Å². The Kier molecular flexibility index (Phi) is 3.18. The fraction of sp³-hybridized carbons (Fsp3) is 0.333. The lowest BCUT2D eigenvalue weighted by Gasteiger charge is -2.12. The molecule has 2 N–H and O–H groups in total.